The van der Waals surface area contributed by atoms with E-state index in [1.54, 1.807) is 0 Å². The van der Waals surface area contributed by atoms with Crippen LogP contribution in [-0.4, -0.2) is 19.3 Å². The molecule has 2 rings (SSSR count). The highest BCUT2D eigenvalue weighted by molar-refractivity contribution is 6.35. The molecule has 0 radical (unpaired) electrons. The number of hydrogen-bond acceptors (Lipinski definition) is 2. The fourth-order valence-corrected chi connectivity index (χ4v) is 3.03. The van der Waals surface area contributed by atoms with Gasteiger partial charge in [-0.25, -0.2) is 0 Å². The van der Waals surface area contributed by atoms with Crippen molar-refractivity contribution >= 4 is 23.2 Å². The van der Waals surface area contributed by atoms with Crippen molar-refractivity contribution in [2.45, 2.75) is 31.7 Å². The Morgan fingerprint density at radius 1 is 1.22 bits per heavy atom. The summed E-state index contributed by atoms with van der Waals surface area (Å²) in [6.45, 7) is 1.73. The molecular weight excluding hydrogens is 269 g/mol. The SMILES string of the molecule is NC(Cc1c(Cl)cccc1Cl)CC1CCOCC1. The minimum absolute atomic E-state index is 0.116. The van der Waals surface area contributed by atoms with Crippen LogP contribution < -0.4 is 5.73 Å². The van der Waals surface area contributed by atoms with E-state index >= 15 is 0 Å². The van der Waals surface area contributed by atoms with Gasteiger partial charge in [-0.3, -0.25) is 0 Å². The molecule has 1 aromatic rings. The fraction of sp³-hybridized carbons (Fsp3) is 0.571. The van der Waals surface area contributed by atoms with Crippen LogP contribution in [0.2, 0.25) is 10.0 Å². The normalized spacial score (nSPS) is 18.8. The van der Waals surface area contributed by atoms with Gasteiger partial charge < -0.3 is 10.5 Å². The summed E-state index contributed by atoms with van der Waals surface area (Å²) >= 11 is 12.3. The smallest absolute Gasteiger partial charge is 0.0468 e. The summed E-state index contributed by atoms with van der Waals surface area (Å²) in [6, 6.07) is 5.71. The summed E-state index contributed by atoms with van der Waals surface area (Å²) in [7, 11) is 0. The largest absolute Gasteiger partial charge is 0.381 e. The molecule has 0 aliphatic carbocycles. The lowest BCUT2D eigenvalue weighted by molar-refractivity contribution is 0.0619. The molecule has 1 saturated heterocycles. The number of rotatable bonds is 4. The van der Waals surface area contributed by atoms with Crippen molar-refractivity contribution in [3.63, 3.8) is 0 Å². The van der Waals surface area contributed by atoms with Crippen LogP contribution in [0, 0.1) is 5.92 Å². The van der Waals surface area contributed by atoms with E-state index in [-0.39, 0.29) is 6.04 Å². The average molecular weight is 288 g/mol. The summed E-state index contributed by atoms with van der Waals surface area (Å²) in [5.74, 6) is 0.676. The second-order valence-electron chi connectivity index (χ2n) is 4.96. The topological polar surface area (TPSA) is 35.2 Å². The maximum atomic E-state index is 6.22. The first-order chi connectivity index (χ1) is 8.66. The molecule has 2 nitrogen and oxygen atoms in total. The Balaban J connectivity index is 1.92. The zero-order chi connectivity index (χ0) is 13.0. The van der Waals surface area contributed by atoms with Crippen molar-refractivity contribution < 1.29 is 4.74 Å². The Morgan fingerprint density at radius 2 is 1.83 bits per heavy atom. The average Bonchev–Trinajstić information content (AvgIpc) is 2.35. The first-order valence-electron chi connectivity index (χ1n) is 6.43. The molecule has 1 heterocycles. The highest BCUT2D eigenvalue weighted by Gasteiger charge is 2.18. The van der Waals surface area contributed by atoms with E-state index in [4.69, 9.17) is 33.7 Å². The minimum Gasteiger partial charge on any atom is -0.381 e. The van der Waals surface area contributed by atoms with Crippen LogP contribution in [0.25, 0.3) is 0 Å². The summed E-state index contributed by atoms with van der Waals surface area (Å²) in [5, 5.41) is 1.43. The molecule has 100 valence electrons. The van der Waals surface area contributed by atoms with Crippen molar-refractivity contribution in [2.75, 3.05) is 13.2 Å². The van der Waals surface area contributed by atoms with Crippen LogP contribution >= 0.6 is 23.2 Å². The summed E-state index contributed by atoms with van der Waals surface area (Å²) < 4.78 is 5.35. The van der Waals surface area contributed by atoms with Crippen LogP contribution in [0.1, 0.15) is 24.8 Å². The lowest BCUT2D eigenvalue weighted by Crippen LogP contribution is -2.29. The molecule has 1 aliphatic rings. The van der Waals surface area contributed by atoms with E-state index in [9.17, 15) is 0 Å². The van der Waals surface area contributed by atoms with E-state index in [1.165, 1.54) is 0 Å². The first kappa shape index (κ1) is 14.1. The van der Waals surface area contributed by atoms with Crippen LogP contribution in [0.4, 0.5) is 0 Å². The number of nitrogens with two attached hydrogens (primary N) is 1. The zero-order valence-electron chi connectivity index (χ0n) is 10.4. The van der Waals surface area contributed by atoms with Gasteiger partial charge in [0.1, 0.15) is 0 Å². The molecule has 18 heavy (non-hydrogen) atoms. The number of hydrogen-bond donors (Lipinski definition) is 1. The van der Waals surface area contributed by atoms with Gasteiger partial charge in [0.05, 0.1) is 0 Å². The maximum Gasteiger partial charge on any atom is 0.0468 e. The Labute approximate surface area is 118 Å². The highest BCUT2D eigenvalue weighted by atomic mass is 35.5. The minimum atomic E-state index is 0.116. The number of ether oxygens (including phenoxy) is 1. The lowest BCUT2D eigenvalue weighted by Gasteiger charge is -2.25. The molecule has 1 atom stereocenters. The molecule has 2 N–H and O–H groups in total. The Bertz CT molecular complexity index is 371. The van der Waals surface area contributed by atoms with Gasteiger partial charge in [0, 0.05) is 29.3 Å². The second kappa shape index (κ2) is 6.76. The predicted molar refractivity (Wildman–Crippen MR) is 76.3 cm³/mol. The molecule has 0 saturated carbocycles. The van der Waals surface area contributed by atoms with Crippen molar-refractivity contribution in [2.24, 2.45) is 11.7 Å². The van der Waals surface area contributed by atoms with Gasteiger partial charge in [-0.1, -0.05) is 29.3 Å². The molecule has 0 amide bonds. The van der Waals surface area contributed by atoms with Crippen LogP contribution in [0.5, 0.6) is 0 Å². The van der Waals surface area contributed by atoms with E-state index < -0.39 is 0 Å². The molecular formula is C14H19Cl2NO. The van der Waals surface area contributed by atoms with Gasteiger partial charge in [0.2, 0.25) is 0 Å². The molecule has 1 aromatic carbocycles. The fourth-order valence-electron chi connectivity index (χ4n) is 2.48. The van der Waals surface area contributed by atoms with Gasteiger partial charge in [-0.2, -0.15) is 0 Å². The lowest BCUT2D eigenvalue weighted by atomic mass is 9.90. The zero-order valence-corrected chi connectivity index (χ0v) is 11.9. The van der Waals surface area contributed by atoms with E-state index in [0.29, 0.717) is 16.0 Å². The second-order valence-corrected chi connectivity index (χ2v) is 5.77. The van der Waals surface area contributed by atoms with E-state index in [2.05, 4.69) is 0 Å². The monoisotopic (exact) mass is 287 g/mol. The maximum absolute atomic E-state index is 6.22. The molecule has 0 spiro atoms. The number of benzene rings is 1. The number of halogens is 2. The predicted octanol–water partition coefficient (Wildman–Crippen LogP) is 3.68. The first-order valence-corrected chi connectivity index (χ1v) is 7.18. The highest BCUT2D eigenvalue weighted by Crippen LogP contribution is 2.27. The molecule has 0 bridgehead atoms. The molecule has 4 heteroatoms. The van der Waals surface area contributed by atoms with Crippen molar-refractivity contribution in [1.82, 2.24) is 0 Å². The van der Waals surface area contributed by atoms with Crippen molar-refractivity contribution in [1.29, 1.82) is 0 Å². The summed E-state index contributed by atoms with van der Waals surface area (Å²) in [4.78, 5) is 0. The summed E-state index contributed by atoms with van der Waals surface area (Å²) in [6.07, 6.45) is 3.99. The molecule has 0 aromatic heterocycles. The van der Waals surface area contributed by atoms with E-state index in [1.807, 2.05) is 18.2 Å². The van der Waals surface area contributed by atoms with Gasteiger partial charge in [-0.15, -0.1) is 0 Å². The van der Waals surface area contributed by atoms with Gasteiger partial charge >= 0.3 is 0 Å². The standard InChI is InChI=1S/C14H19Cl2NO/c15-13-2-1-3-14(16)12(13)9-11(17)8-10-4-6-18-7-5-10/h1-3,10-11H,4-9,17H2. The Morgan fingerprint density at radius 3 is 2.44 bits per heavy atom. The van der Waals surface area contributed by atoms with Crippen LogP contribution in [-0.2, 0) is 11.2 Å². The third-order valence-electron chi connectivity index (χ3n) is 3.50. The van der Waals surface area contributed by atoms with Gasteiger partial charge in [0.15, 0.2) is 0 Å². The van der Waals surface area contributed by atoms with Crippen LogP contribution in [0.3, 0.4) is 0 Å². The van der Waals surface area contributed by atoms with E-state index in [0.717, 1.165) is 44.5 Å². The molecule has 1 unspecified atom stereocenters. The Kier molecular flexibility index (Phi) is 5.31. The molecule has 1 fully saturated rings. The summed E-state index contributed by atoms with van der Waals surface area (Å²) in [5.41, 5.74) is 7.19. The third-order valence-corrected chi connectivity index (χ3v) is 4.21. The third kappa shape index (κ3) is 3.86. The van der Waals surface area contributed by atoms with Gasteiger partial charge in [-0.05, 0) is 49.3 Å². The molecule has 1 aliphatic heterocycles. The quantitative estimate of drug-likeness (QED) is 0.917. The van der Waals surface area contributed by atoms with Crippen molar-refractivity contribution in [3.05, 3.63) is 33.8 Å². The van der Waals surface area contributed by atoms with Crippen molar-refractivity contribution in [3.8, 4) is 0 Å². The van der Waals surface area contributed by atoms with Gasteiger partial charge in [0.25, 0.3) is 0 Å². The Hall–Kier alpha value is -0.280. The van der Waals surface area contributed by atoms with Crippen LogP contribution in [0.15, 0.2) is 18.2 Å².